The van der Waals surface area contributed by atoms with Crippen LogP contribution in [0.4, 0.5) is 0 Å². The summed E-state index contributed by atoms with van der Waals surface area (Å²) < 4.78 is 11.1. The largest absolute Gasteiger partial charge is 0.461 e. The van der Waals surface area contributed by atoms with Crippen LogP contribution in [0.5, 0.6) is 0 Å². The van der Waals surface area contributed by atoms with E-state index in [0.717, 1.165) is 48.8 Å². The fourth-order valence-corrected chi connectivity index (χ4v) is 2.07. The summed E-state index contributed by atoms with van der Waals surface area (Å²) in [5.41, 5.74) is 0.937. The SMILES string of the molecule is CCOCCNC(=NC)NCCc1cc2ccccc2o1. The number of guanidine groups is 1. The number of para-hydroxylation sites is 1. The summed E-state index contributed by atoms with van der Waals surface area (Å²) >= 11 is 0. The summed E-state index contributed by atoms with van der Waals surface area (Å²) in [5, 5.41) is 7.61. The number of fused-ring (bicyclic) bond motifs is 1. The van der Waals surface area contributed by atoms with E-state index in [1.54, 1.807) is 7.05 Å². The van der Waals surface area contributed by atoms with Crippen molar-refractivity contribution < 1.29 is 9.15 Å². The van der Waals surface area contributed by atoms with E-state index in [9.17, 15) is 0 Å². The molecule has 0 fully saturated rings. The lowest BCUT2D eigenvalue weighted by atomic mass is 10.2. The number of furan rings is 1. The molecule has 0 aliphatic carbocycles. The van der Waals surface area contributed by atoms with Crippen LogP contribution in [0.3, 0.4) is 0 Å². The van der Waals surface area contributed by atoms with Crippen molar-refractivity contribution in [1.82, 2.24) is 10.6 Å². The van der Waals surface area contributed by atoms with Gasteiger partial charge in [-0.25, -0.2) is 0 Å². The Labute approximate surface area is 125 Å². The molecule has 2 rings (SSSR count). The zero-order chi connectivity index (χ0) is 14.9. The Kier molecular flexibility index (Phi) is 6.09. The first-order valence-electron chi connectivity index (χ1n) is 7.33. The van der Waals surface area contributed by atoms with Gasteiger partial charge in [-0.05, 0) is 19.1 Å². The van der Waals surface area contributed by atoms with Gasteiger partial charge in [0.1, 0.15) is 11.3 Å². The highest BCUT2D eigenvalue weighted by atomic mass is 16.5. The van der Waals surface area contributed by atoms with Crippen molar-refractivity contribution in [1.29, 1.82) is 0 Å². The molecule has 1 aromatic heterocycles. The van der Waals surface area contributed by atoms with Crippen molar-refractivity contribution in [2.24, 2.45) is 4.99 Å². The average molecular weight is 289 g/mol. The number of benzene rings is 1. The van der Waals surface area contributed by atoms with Crippen LogP contribution in [-0.4, -0.2) is 39.3 Å². The van der Waals surface area contributed by atoms with Crippen LogP contribution >= 0.6 is 0 Å². The maximum Gasteiger partial charge on any atom is 0.191 e. The van der Waals surface area contributed by atoms with Gasteiger partial charge in [0.15, 0.2) is 5.96 Å². The lowest BCUT2D eigenvalue weighted by Gasteiger charge is -2.11. The molecule has 21 heavy (non-hydrogen) atoms. The molecule has 0 amide bonds. The molecular weight excluding hydrogens is 266 g/mol. The van der Waals surface area contributed by atoms with Crippen molar-refractivity contribution in [2.75, 3.05) is 33.4 Å². The third kappa shape index (κ3) is 4.79. The Morgan fingerprint density at radius 1 is 1.24 bits per heavy atom. The van der Waals surface area contributed by atoms with E-state index in [1.807, 2.05) is 25.1 Å². The first-order valence-corrected chi connectivity index (χ1v) is 7.33. The summed E-state index contributed by atoms with van der Waals surface area (Å²) in [6.45, 7) is 4.92. The second-order valence-electron chi connectivity index (χ2n) is 4.62. The van der Waals surface area contributed by atoms with Gasteiger partial charge in [-0.15, -0.1) is 0 Å². The van der Waals surface area contributed by atoms with Crippen molar-refractivity contribution in [2.45, 2.75) is 13.3 Å². The zero-order valence-corrected chi connectivity index (χ0v) is 12.7. The molecule has 2 aromatic rings. The average Bonchev–Trinajstić information content (AvgIpc) is 2.92. The quantitative estimate of drug-likeness (QED) is 0.466. The fourth-order valence-electron chi connectivity index (χ4n) is 2.07. The minimum atomic E-state index is 0.681. The lowest BCUT2D eigenvalue weighted by molar-refractivity contribution is 0.152. The topological polar surface area (TPSA) is 58.8 Å². The molecular formula is C16H23N3O2. The van der Waals surface area contributed by atoms with Gasteiger partial charge in [-0.3, -0.25) is 4.99 Å². The Morgan fingerprint density at radius 2 is 2.05 bits per heavy atom. The Hall–Kier alpha value is -2.01. The summed E-state index contributed by atoms with van der Waals surface area (Å²) in [6, 6.07) is 10.1. The molecule has 5 nitrogen and oxygen atoms in total. The van der Waals surface area contributed by atoms with Gasteiger partial charge in [0, 0.05) is 38.6 Å². The van der Waals surface area contributed by atoms with E-state index in [0.29, 0.717) is 6.61 Å². The van der Waals surface area contributed by atoms with E-state index >= 15 is 0 Å². The predicted molar refractivity (Wildman–Crippen MR) is 85.8 cm³/mol. The third-order valence-electron chi connectivity index (χ3n) is 3.11. The molecule has 0 radical (unpaired) electrons. The minimum Gasteiger partial charge on any atom is -0.461 e. The third-order valence-corrected chi connectivity index (χ3v) is 3.11. The van der Waals surface area contributed by atoms with E-state index in [2.05, 4.69) is 27.8 Å². The van der Waals surface area contributed by atoms with Crippen molar-refractivity contribution in [3.63, 3.8) is 0 Å². The molecule has 0 aliphatic heterocycles. The Bertz CT molecular complexity index is 545. The number of nitrogens with zero attached hydrogens (tertiary/aromatic N) is 1. The monoisotopic (exact) mass is 289 g/mol. The van der Waals surface area contributed by atoms with Crippen LogP contribution in [0.15, 0.2) is 39.7 Å². The van der Waals surface area contributed by atoms with E-state index in [1.165, 1.54) is 0 Å². The van der Waals surface area contributed by atoms with E-state index in [4.69, 9.17) is 9.15 Å². The number of nitrogens with one attached hydrogen (secondary N) is 2. The fraction of sp³-hybridized carbons (Fsp3) is 0.438. The highest BCUT2D eigenvalue weighted by molar-refractivity contribution is 5.79. The smallest absolute Gasteiger partial charge is 0.191 e. The van der Waals surface area contributed by atoms with E-state index < -0.39 is 0 Å². The van der Waals surface area contributed by atoms with Gasteiger partial charge in [0.25, 0.3) is 0 Å². The molecule has 5 heteroatoms. The zero-order valence-electron chi connectivity index (χ0n) is 12.7. The van der Waals surface area contributed by atoms with Crippen LogP contribution in [0, 0.1) is 0 Å². The molecule has 2 N–H and O–H groups in total. The normalized spacial score (nSPS) is 11.8. The molecule has 0 atom stereocenters. The first kappa shape index (κ1) is 15.4. The maximum atomic E-state index is 5.78. The Balaban J connectivity index is 1.74. The van der Waals surface area contributed by atoms with Crippen molar-refractivity contribution >= 4 is 16.9 Å². The second-order valence-corrected chi connectivity index (χ2v) is 4.62. The van der Waals surface area contributed by atoms with Gasteiger partial charge >= 0.3 is 0 Å². The van der Waals surface area contributed by atoms with Crippen LogP contribution in [0.25, 0.3) is 11.0 Å². The van der Waals surface area contributed by atoms with Crippen LogP contribution in [0.1, 0.15) is 12.7 Å². The second kappa shape index (κ2) is 8.32. The Morgan fingerprint density at radius 3 is 2.81 bits per heavy atom. The predicted octanol–water partition coefficient (Wildman–Crippen LogP) is 2.18. The highest BCUT2D eigenvalue weighted by Gasteiger charge is 2.03. The molecule has 0 spiro atoms. The van der Waals surface area contributed by atoms with Gasteiger partial charge in [-0.1, -0.05) is 18.2 Å². The molecule has 114 valence electrons. The van der Waals surface area contributed by atoms with Crippen molar-refractivity contribution in [3.8, 4) is 0 Å². The summed E-state index contributed by atoms with van der Waals surface area (Å²) in [6.07, 6.45) is 0.820. The minimum absolute atomic E-state index is 0.681. The number of aliphatic imine (C=N–C) groups is 1. The van der Waals surface area contributed by atoms with Crippen LogP contribution in [0.2, 0.25) is 0 Å². The molecule has 0 aliphatic rings. The number of ether oxygens (including phenoxy) is 1. The van der Waals surface area contributed by atoms with E-state index in [-0.39, 0.29) is 0 Å². The summed E-state index contributed by atoms with van der Waals surface area (Å²) in [5.74, 6) is 1.76. The van der Waals surface area contributed by atoms with Crippen LogP contribution in [-0.2, 0) is 11.2 Å². The first-order chi connectivity index (χ1) is 10.3. The number of rotatable bonds is 7. The number of hydrogen-bond acceptors (Lipinski definition) is 3. The maximum absolute atomic E-state index is 5.78. The molecule has 0 bridgehead atoms. The molecule has 0 saturated heterocycles. The summed E-state index contributed by atoms with van der Waals surface area (Å²) in [7, 11) is 1.76. The lowest BCUT2D eigenvalue weighted by Crippen LogP contribution is -2.39. The molecule has 1 aromatic carbocycles. The highest BCUT2D eigenvalue weighted by Crippen LogP contribution is 2.18. The molecule has 1 heterocycles. The van der Waals surface area contributed by atoms with Crippen molar-refractivity contribution in [3.05, 3.63) is 36.1 Å². The van der Waals surface area contributed by atoms with Gasteiger partial charge in [0.2, 0.25) is 0 Å². The van der Waals surface area contributed by atoms with Crippen LogP contribution < -0.4 is 10.6 Å². The number of hydrogen-bond donors (Lipinski definition) is 2. The van der Waals surface area contributed by atoms with Gasteiger partial charge < -0.3 is 19.8 Å². The molecule has 0 unspecified atom stereocenters. The van der Waals surface area contributed by atoms with Gasteiger partial charge in [-0.2, -0.15) is 0 Å². The summed E-state index contributed by atoms with van der Waals surface area (Å²) in [4.78, 5) is 4.17. The standard InChI is InChI=1S/C16H23N3O2/c1-3-20-11-10-19-16(17-2)18-9-8-14-12-13-6-4-5-7-15(13)21-14/h4-7,12H,3,8-11H2,1-2H3,(H2,17,18,19). The molecule has 0 saturated carbocycles. The van der Waals surface area contributed by atoms with Gasteiger partial charge in [0.05, 0.1) is 6.61 Å².